The van der Waals surface area contributed by atoms with Crippen molar-refractivity contribution < 1.29 is 0 Å². The van der Waals surface area contributed by atoms with Crippen molar-refractivity contribution in [1.29, 1.82) is 0 Å². The minimum absolute atomic E-state index is 0.0480. The monoisotopic (exact) mass is 339 g/mol. The molecule has 2 heterocycles. The van der Waals surface area contributed by atoms with Crippen molar-refractivity contribution in [3.8, 4) is 0 Å². The van der Waals surface area contributed by atoms with Crippen LogP contribution in [-0.2, 0) is 11.8 Å². The second-order valence-electron chi connectivity index (χ2n) is 5.46. The van der Waals surface area contributed by atoms with Crippen molar-refractivity contribution in [2.45, 2.75) is 32.6 Å². The number of rotatable bonds is 4. The Balaban J connectivity index is 2.02. The molecule has 0 fully saturated rings. The highest BCUT2D eigenvalue weighted by atomic mass is 79.9. The van der Waals surface area contributed by atoms with Crippen molar-refractivity contribution >= 4 is 33.1 Å². The molecule has 19 heavy (non-hydrogen) atoms. The summed E-state index contributed by atoms with van der Waals surface area (Å²) >= 11 is 5.18. The van der Waals surface area contributed by atoms with Crippen LogP contribution in [0.4, 0.5) is 5.82 Å². The summed E-state index contributed by atoms with van der Waals surface area (Å²) in [5, 5.41) is 7.64. The van der Waals surface area contributed by atoms with Gasteiger partial charge in [0, 0.05) is 18.0 Å². The second kappa shape index (κ2) is 6.01. The zero-order valence-corrected chi connectivity index (χ0v) is 13.8. The first-order valence-corrected chi connectivity index (χ1v) is 7.99. The molecule has 0 atom stereocenters. The highest BCUT2D eigenvalue weighted by molar-refractivity contribution is 9.10. The molecule has 0 saturated carbocycles. The van der Waals surface area contributed by atoms with Gasteiger partial charge in [-0.05, 0) is 44.7 Å². The molecule has 5 heteroatoms. The van der Waals surface area contributed by atoms with Crippen molar-refractivity contribution in [2.24, 2.45) is 0 Å². The Hall–Kier alpha value is -0.940. The van der Waals surface area contributed by atoms with Gasteiger partial charge in [0.2, 0.25) is 0 Å². The molecule has 0 aliphatic rings. The SMILES string of the molecule is CC(C)(C)c1nc(Br)cc(NCCc2ccsc2)n1. The fourth-order valence-electron chi connectivity index (χ4n) is 1.61. The second-order valence-corrected chi connectivity index (χ2v) is 7.05. The molecule has 102 valence electrons. The van der Waals surface area contributed by atoms with E-state index in [2.05, 4.69) is 68.8 Å². The number of hydrogen-bond donors (Lipinski definition) is 1. The molecule has 2 rings (SSSR count). The molecule has 0 aliphatic heterocycles. The van der Waals surface area contributed by atoms with E-state index in [0.29, 0.717) is 0 Å². The van der Waals surface area contributed by atoms with Gasteiger partial charge < -0.3 is 5.32 Å². The summed E-state index contributed by atoms with van der Waals surface area (Å²) in [4.78, 5) is 9.00. The van der Waals surface area contributed by atoms with Gasteiger partial charge in [-0.25, -0.2) is 9.97 Å². The summed E-state index contributed by atoms with van der Waals surface area (Å²) in [6.07, 6.45) is 1.01. The van der Waals surface area contributed by atoms with Gasteiger partial charge >= 0.3 is 0 Å². The molecule has 0 radical (unpaired) electrons. The normalized spacial score (nSPS) is 11.6. The molecule has 3 nitrogen and oxygen atoms in total. The maximum absolute atomic E-state index is 4.57. The van der Waals surface area contributed by atoms with Gasteiger partial charge in [0.25, 0.3) is 0 Å². The van der Waals surface area contributed by atoms with Crippen LogP contribution in [0.3, 0.4) is 0 Å². The molecule has 0 aromatic carbocycles. The summed E-state index contributed by atoms with van der Waals surface area (Å²) in [7, 11) is 0. The summed E-state index contributed by atoms with van der Waals surface area (Å²) < 4.78 is 0.824. The first-order valence-electron chi connectivity index (χ1n) is 6.25. The lowest BCUT2D eigenvalue weighted by Gasteiger charge is -2.17. The summed E-state index contributed by atoms with van der Waals surface area (Å²) in [5.74, 6) is 1.72. The molecular weight excluding hydrogens is 322 g/mol. The van der Waals surface area contributed by atoms with Crippen LogP contribution in [0, 0.1) is 0 Å². The Morgan fingerprint density at radius 1 is 1.32 bits per heavy atom. The van der Waals surface area contributed by atoms with E-state index in [1.54, 1.807) is 11.3 Å². The zero-order valence-electron chi connectivity index (χ0n) is 11.4. The lowest BCUT2D eigenvalue weighted by Crippen LogP contribution is -2.17. The summed E-state index contributed by atoms with van der Waals surface area (Å²) in [6.45, 7) is 7.22. The first kappa shape index (κ1) is 14.5. The Bertz CT molecular complexity index is 532. The number of nitrogens with one attached hydrogen (secondary N) is 1. The fourth-order valence-corrected chi connectivity index (χ4v) is 2.70. The van der Waals surface area contributed by atoms with E-state index < -0.39 is 0 Å². The third kappa shape index (κ3) is 4.28. The van der Waals surface area contributed by atoms with Gasteiger partial charge in [-0.15, -0.1) is 0 Å². The van der Waals surface area contributed by atoms with Gasteiger partial charge in [-0.1, -0.05) is 20.8 Å². The van der Waals surface area contributed by atoms with Gasteiger partial charge in [0.15, 0.2) is 0 Å². The maximum Gasteiger partial charge on any atom is 0.137 e. The number of hydrogen-bond acceptors (Lipinski definition) is 4. The van der Waals surface area contributed by atoms with Gasteiger partial charge in [-0.3, -0.25) is 0 Å². The van der Waals surface area contributed by atoms with Crippen LogP contribution >= 0.6 is 27.3 Å². The van der Waals surface area contributed by atoms with E-state index in [0.717, 1.165) is 29.2 Å². The van der Waals surface area contributed by atoms with Crippen molar-refractivity contribution in [3.05, 3.63) is 38.9 Å². The molecule has 1 N–H and O–H groups in total. The fraction of sp³-hybridized carbons (Fsp3) is 0.429. The van der Waals surface area contributed by atoms with Crippen LogP contribution in [0.2, 0.25) is 0 Å². The van der Waals surface area contributed by atoms with Crippen LogP contribution in [0.5, 0.6) is 0 Å². The maximum atomic E-state index is 4.57. The van der Waals surface area contributed by atoms with Crippen molar-refractivity contribution in [3.63, 3.8) is 0 Å². The molecule has 0 amide bonds. The standard InChI is InChI=1S/C14H18BrN3S/c1-14(2,3)13-17-11(15)8-12(18-13)16-6-4-10-5-7-19-9-10/h5,7-9H,4,6H2,1-3H3,(H,16,17,18). The number of nitrogens with zero attached hydrogens (tertiary/aromatic N) is 2. The van der Waals surface area contributed by atoms with Crippen molar-refractivity contribution in [2.75, 3.05) is 11.9 Å². The molecule has 2 aromatic heterocycles. The lowest BCUT2D eigenvalue weighted by molar-refractivity contribution is 0.544. The van der Waals surface area contributed by atoms with Crippen LogP contribution in [0.25, 0.3) is 0 Å². The average molecular weight is 340 g/mol. The Morgan fingerprint density at radius 2 is 2.11 bits per heavy atom. The Morgan fingerprint density at radius 3 is 2.74 bits per heavy atom. The van der Waals surface area contributed by atoms with Crippen LogP contribution in [0.15, 0.2) is 27.5 Å². The largest absolute Gasteiger partial charge is 0.370 e. The molecule has 0 unspecified atom stereocenters. The summed E-state index contributed by atoms with van der Waals surface area (Å²) in [5.41, 5.74) is 1.31. The Kier molecular flexibility index (Phi) is 4.58. The average Bonchev–Trinajstić information content (AvgIpc) is 2.80. The molecule has 2 aromatic rings. The molecular formula is C14H18BrN3S. The van der Waals surface area contributed by atoms with Gasteiger partial charge in [0.05, 0.1) is 0 Å². The predicted molar refractivity (Wildman–Crippen MR) is 84.9 cm³/mol. The topological polar surface area (TPSA) is 37.8 Å². The minimum atomic E-state index is -0.0480. The third-order valence-corrected chi connectivity index (χ3v) is 3.80. The number of aromatic nitrogens is 2. The lowest BCUT2D eigenvalue weighted by atomic mass is 9.96. The van der Waals surface area contributed by atoms with Gasteiger partial charge in [0.1, 0.15) is 16.2 Å². The number of anilines is 1. The van der Waals surface area contributed by atoms with Crippen LogP contribution in [0.1, 0.15) is 32.2 Å². The zero-order chi connectivity index (χ0) is 13.9. The quantitative estimate of drug-likeness (QED) is 0.846. The van der Waals surface area contributed by atoms with E-state index in [9.17, 15) is 0 Å². The van der Waals surface area contributed by atoms with E-state index in [1.807, 2.05) is 6.07 Å². The van der Waals surface area contributed by atoms with Crippen molar-refractivity contribution in [1.82, 2.24) is 9.97 Å². The molecule has 0 aliphatic carbocycles. The number of thiophene rings is 1. The van der Waals surface area contributed by atoms with Crippen LogP contribution in [-0.4, -0.2) is 16.5 Å². The van der Waals surface area contributed by atoms with E-state index in [4.69, 9.17) is 0 Å². The van der Waals surface area contributed by atoms with Crippen LogP contribution < -0.4 is 5.32 Å². The number of halogens is 1. The first-order chi connectivity index (χ1) is 8.95. The summed E-state index contributed by atoms with van der Waals surface area (Å²) in [6, 6.07) is 4.08. The van der Waals surface area contributed by atoms with E-state index >= 15 is 0 Å². The van der Waals surface area contributed by atoms with E-state index in [-0.39, 0.29) is 5.41 Å². The highest BCUT2D eigenvalue weighted by Gasteiger charge is 2.18. The molecule has 0 spiro atoms. The molecule has 0 bridgehead atoms. The Labute approximate surface area is 126 Å². The minimum Gasteiger partial charge on any atom is -0.370 e. The third-order valence-electron chi connectivity index (χ3n) is 2.67. The highest BCUT2D eigenvalue weighted by Crippen LogP contribution is 2.22. The predicted octanol–water partition coefficient (Wildman–Crippen LogP) is 4.25. The smallest absolute Gasteiger partial charge is 0.137 e. The molecule has 0 saturated heterocycles. The van der Waals surface area contributed by atoms with E-state index in [1.165, 1.54) is 5.56 Å². The van der Waals surface area contributed by atoms with Gasteiger partial charge in [-0.2, -0.15) is 11.3 Å².